The first-order valence-corrected chi connectivity index (χ1v) is 5.35. The lowest BCUT2D eigenvalue weighted by molar-refractivity contribution is 0.491. The normalized spacial score (nSPS) is 15.7. The Morgan fingerprint density at radius 2 is 2.00 bits per heavy atom. The van der Waals surface area contributed by atoms with Crippen LogP contribution in [0.3, 0.4) is 0 Å². The SMILES string of the molecule is Cc1ccc(CCNC2CC2)c(F)c1F. The lowest BCUT2D eigenvalue weighted by Crippen LogP contribution is -2.19. The van der Waals surface area contributed by atoms with Gasteiger partial charge in [0.25, 0.3) is 0 Å². The van der Waals surface area contributed by atoms with Crippen molar-refractivity contribution < 1.29 is 8.78 Å². The molecule has 1 aliphatic rings. The maximum atomic E-state index is 13.4. The highest BCUT2D eigenvalue weighted by Crippen LogP contribution is 2.19. The first-order chi connectivity index (χ1) is 7.18. The van der Waals surface area contributed by atoms with Gasteiger partial charge in [0.1, 0.15) is 0 Å². The summed E-state index contributed by atoms with van der Waals surface area (Å²) < 4.78 is 26.6. The molecule has 0 atom stereocenters. The quantitative estimate of drug-likeness (QED) is 0.807. The van der Waals surface area contributed by atoms with Crippen LogP contribution >= 0.6 is 0 Å². The summed E-state index contributed by atoms with van der Waals surface area (Å²) in [5.41, 5.74) is 0.831. The van der Waals surface area contributed by atoms with Gasteiger partial charge in [-0.05, 0) is 43.9 Å². The predicted molar refractivity (Wildman–Crippen MR) is 55.8 cm³/mol. The largest absolute Gasteiger partial charge is 0.314 e. The van der Waals surface area contributed by atoms with E-state index in [4.69, 9.17) is 0 Å². The van der Waals surface area contributed by atoms with Gasteiger partial charge in [0.05, 0.1) is 0 Å². The van der Waals surface area contributed by atoms with Crippen LogP contribution in [-0.4, -0.2) is 12.6 Å². The number of nitrogens with one attached hydrogen (secondary N) is 1. The van der Waals surface area contributed by atoms with E-state index in [-0.39, 0.29) is 0 Å². The molecule has 3 heteroatoms. The minimum atomic E-state index is -0.709. The van der Waals surface area contributed by atoms with Crippen molar-refractivity contribution in [2.75, 3.05) is 6.54 Å². The molecule has 1 aromatic carbocycles. The molecule has 1 saturated carbocycles. The second-order valence-corrected chi connectivity index (χ2v) is 4.15. The van der Waals surface area contributed by atoms with Crippen molar-refractivity contribution in [3.63, 3.8) is 0 Å². The first kappa shape index (κ1) is 10.6. The van der Waals surface area contributed by atoms with Crippen LogP contribution in [0.15, 0.2) is 12.1 Å². The average molecular weight is 211 g/mol. The standard InChI is InChI=1S/C12H15F2N/c1-8-2-3-9(12(14)11(8)13)6-7-15-10-4-5-10/h2-3,10,15H,4-7H2,1H3. The summed E-state index contributed by atoms with van der Waals surface area (Å²) in [6, 6.07) is 3.91. The minimum Gasteiger partial charge on any atom is -0.314 e. The number of hydrogen-bond acceptors (Lipinski definition) is 1. The Morgan fingerprint density at radius 1 is 1.27 bits per heavy atom. The molecule has 0 radical (unpaired) electrons. The van der Waals surface area contributed by atoms with Crippen molar-refractivity contribution in [1.29, 1.82) is 0 Å². The molecule has 1 N–H and O–H groups in total. The van der Waals surface area contributed by atoms with Crippen LogP contribution in [0.4, 0.5) is 8.78 Å². The zero-order chi connectivity index (χ0) is 10.8. The van der Waals surface area contributed by atoms with Gasteiger partial charge in [-0.1, -0.05) is 12.1 Å². The molecule has 0 amide bonds. The molecule has 1 aromatic rings. The van der Waals surface area contributed by atoms with E-state index >= 15 is 0 Å². The fourth-order valence-corrected chi connectivity index (χ4v) is 1.58. The van der Waals surface area contributed by atoms with E-state index in [2.05, 4.69) is 5.32 Å². The van der Waals surface area contributed by atoms with E-state index in [9.17, 15) is 8.78 Å². The Labute approximate surface area is 88.5 Å². The van der Waals surface area contributed by atoms with Gasteiger partial charge in [-0.2, -0.15) is 0 Å². The molecule has 0 aromatic heterocycles. The van der Waals surface area contributed by atoms with E-state index in [1.165, 1.54) is 12.8 Å². The second kappa shape index (κ2) is 4.27. The monoisotopic (exact) mass is 211 g/mol. The molecular weight excluding hydrogens is 196 g/mol. The number of hydrogen-bond donors (Lipinski definition) is 1. The van der Waals surface area contributed by atoms with Crippen LogP contribution in [0, 0.1) is 18.6 Å². The van der Waals surface area contributed by atoms with E-state index in [1.807, 2.05) is 0 Å². The van der Waals surface area contributed by atoms with Gasteiger partial charge in [-0.25, -0.2) is 8.78 Å². The highest BCUT2D eigenvalue weighted by atomic mass is 19.2. The fourth-order valence-electron chi connectivity index (χ4n) is 1.58. The van der Waals surface area contributed by atoms with Gasteiger partial charge in [-0.15, -0.1) is 0 Å². The van der Waals surface area contributed by atoms with Crippen molar-refractivity contribution in [3.8, 4) is 0 Å². The summed E-state index contributed by atoms with van der Waals surface area (Å²) in [5.74, 6) is -1.40. The molecule has 0 spiro atoms. The molecule has 0 saturated heterocycles. The Hall–Kier alpha value is -0.960. The lowest BCUT2D eigenvalue weighted by Gasteiger charge is -2.06. The number of aryl methyl sites for hydroxylation is 1. The third kappa shape index (κ3) is 2.53. The molecule has 1 nitrogen and oxygen atoms in total. The summed E-state index contributed by atoms with van der Waals surface area (Å²) in [6.07, 6.45) is 2.98. The van der Waals surface area contributed by atoms with Gasteiger partial charge in [0.15, 0.2) is 11.6 Å². The van der Waals surface area contributed by atoms with Gasteiger partial charge in [0.2, 0.25) is 0 Å². The fraction of sp³-hybridized carbons (Fsp3) is 0.500. The zero-order valence-electron chi connectivity index (χ0n) is 8.82. The van der Waals surface area contributed by atoms with E-state index in [1.54, 1.807) is 19.1 Å². The van der Waals surface area contributed by atoms with Crippen LogP contribution in [-0.2, 0) is 6.42 Å². The predicted octanol–water partition coefficient (Wildman–Crippen LogP) is 2.57. The van der Waals surface area contributed by atoms with Crippen LogP contribution in [0.5, 0.6) is 0 Å². The highest BCUT2D eigenvalue weighted by Gasteiger charge is 2.20. The van der Waals surface area contributed by atoms with E-state index in [0.29, 0.717) is 23.6 Å². The molecule has 0 heterocycles. The van der Waals surface area contributed by atoms with Crippen molar-refractivity contribution in [1.82, 2.24) is 5.32 Å². The van der Waals surface area contributed by atoms with Crippen LogP contribution in [0.25, 0.3) is 0 Å². The highest BCUT2D eigenvalue weighted by molar-refractivity contribution is 5.25. The second-order valence-electron chi connectivity index (χ2n) is 4.15. The van der Waals surface area contributed by atoms with Crippen molar-refractivity contribution >= 4 is 0 Å². The van der Waals surface area contributed by atoms with Gasteiger partial charge < -0.3 is 5.32 Å². The Balaban J connectivity index is 1.97. The number of benzene rings is 1. The summed E-state index contributed by atoms with van der Waals surface area (Å²) in [6.45, 7) is 2.30. The molecule has 1 fully saturated rings. The Bertz CT molecular complexity index is 359. The maximum Gasteiger partial charge on any atom is 0.162 e. The molecule has 2 rings (SSSR count). The summed E-state index contributed by atoms with van der Waals surface area (Å²) in [5, 5.41) is 3.28. The van der Waals surface area contributed by atoms with Crippen molar-refractivity contribution in [2.24, 2.45) is 0 Å². The molecule has 0 unspecified atom stereocenters. The molecule has 15 heavy (non-hydrogen) atoms. The van der Waals surface area contributed by atoms with Crippen molar-refractivity contribution in [3.05, 3.63) is 34.9 Å². The first-order valence-electron chi connectivity index (χ1n) is 5.35. The van der Waals surface area contributed by atoms with Crippen LogP contribution in [0.2, 0.25) is 0 Å². The topological polar surface area (TPSA) is 12.0 Å². The van der Waals surface area contributed by atoms with Crippen LogP contribution < -0.4 is 5.32 Å². The molecule has 0 aliphatic heterocycles. The Kier molecular flexibility index (Phi) is 3.00. The van der Waals surface area contributed by atoms with E-state index in [0.717, 1.165) is 6.54 Å². The van der Waals surface area contributed by atoms with E-state index < -0.39 is 11.6 Å². The number of halogens is 2. The maximum absolute atomic E-state index is 13.4. The van der Waals surface area contributed by atoms with Crippen molar-refractivity contribution in [2.45, 2.75) is 32.2 Å². The molecule has 1 aliphatic carbocycles. The molecular formula is C12H15F2N. The summed E-state index contributed by atoms with van der Waals surface area (Å²) in [7, 11) is 0. The third-order valence-corrected chi connectivity index (χ3v) is 2.76. The van der Waals surface area contributed by atoms with Gasteiger partial charge in [0, 0.05) is 6.04 Å². The lowest BCUT2D eigenvalue weighted by atomic mass is 10.1. The Morgan fingerprint density at radius 3 is 2.67 bits per heavy atom. The number of rotatable bonds is 4. The van der Waals surface area contributed by atoms with Gasteiger partial charge in [-0.3, -0.25) is 0 Å². The summed E-state index contributed by atoms with van der Waals surface area (Å²) in [4.78, 5) is 0. The minimum absolute atomic E-state index is 0.367. The third-order valence-electron chi connectivity index (χ3n) is 2.76. The zero-order valence-corrected chi connectivity index (χ0v) is 8.82. The summed E-state index contributed by atoms with van der Waals surface area (Å²) >= 11 is 0. The van der Waals surface area contributed by atoms with Gasteiger partial charge >= 0.3 is 0 Å². The molecule has 82 valence electrons. The van der Waals surface area contributed by atoms with Crippen LogP contribution in [0.1, 0.15) is 24.0 Å². The average Bonchev–Trinajstić information content (AvgIpc) is 3.02. The smallest absolute Gasteiger partial charge is 0.162 e. The molecule has 0 bridgehead atoms.